The van der Waals surface area contributed by atoms with Gasteiger partial charge >= 0.3 is 0 Å². The summed E-state index contributed by atoms with van der Waals surface area (Å²) in [5.74, 6) is 0.952. The summed E-state index contributed by atoms with van der Waals surface area (Å²) in [6, 6.07) is 11.0. The Balaban J connectivity index is 1.57. The van der Waals surface area contributed by atoms with Gasteiger partial charge in [0, 0.05) is 5.71 Å². The maximum Gasteiger partial charge on any atom is 0.275 e. The van der Waals surface area contributed by atoms with Crippen LogP contribution >= 0.6 is 0 Å². The van der Waals surface area contributed by atoms with E-state index in [0.29, 0.717) is 5.92 Å². The highest BCUT2D eigenvalue weighted by Gasteiger charge is 2.36. The van der Waals surface area contributed by atoms with Crippen molar-refractivity contribution < 1.29 is 9.90 Å². The number of hydrogen-bond acceptors (Lipinski definition) is 3. The second-order valence-corrected chi connectivity index (χ2v) is 6.34. The van der Waals surface area contributed by atoms with Crippen molar-refractivity contribution in [1.29, 1.82) is 0 Å². The molecule has 0 aliphatic heterocycles. The second kappa shape index (κ2) is 5.13. The standard InChI is InChI=1S/C18H18N2O2/c21-17-10-13-4-2-1-3-12(13)9-15(17)18(22)20-19-16-8-11-5-6-14(16)7-11/h1-4,9-11,14,21H,5-8H2,(H,20,22)/b19-16+/t11-,14-/m1/s1. The number of nitrogens with one attached hydrogen (secondary N) is 1. The zero-order valence-corrected chi connectivity index (χ0v) is 12.2. The number of carbonyl (C=O) groups excluding carboxylic acids is 1. The third-order valence-corrected chi connectivity index (χ3v) is 4.92. The monoisotopic (exact) mass is 294 g/mol. The molecular formula is C18H18N2O2. The molecule has 2 N–H and O–H groups in total. The average molecular weight is 294 g/mol. The molecule has 4 heteroatoms. The quantitative estimate of drug-likeness (QED) is 0.833. The van der Waals surface area contributed by atoms with Crippen LogP contribution in [0, 0.1) is 11.8 Å². The summed E-state index contributed by atoms with van der Waals surface area (Å²) in [6.45, 7) is 0. The summed E-state index contributed by atoms with van der Waals surface area (Å²) in [5.41, 5.74) is 4.01. The molecule has 1 amide bonds. The van der Waals surface area contributed by atoms with E-state index in [1.807, 2.05) is 24.3 Å². The molecule has 2 saturated carbocycles. The van der Waals surface area contributed by atoms with E-state index in [0.717, 1.165) is 28.8 Å². The summed E-state index contributed by atoms with van der Waals surface area (Å²) >= 11 is 0. The normalized spacial score (nSPS) is 25.0. The number of hydrazone groups is 1. The largest absolute Gasteiger partial charge is 0.507 e. The number of amides is 1. The Labute approximate surface area is 128 Å². The molecule has 0 aromatic heterocycles. The van der Waals surface area contributed by atoms with Crippen molar-refractivity contribution in [3.8, 4) is 5.75 Å². The Morgan fingerprint density at radius 3 is 2.64 bits per heavy atom. The molecule has 2 aromatic rings. The van der Waals surface area contributed by atoms with Gasteiger partial charge in [0.05, 0.1) is 5.56 Å². The van der Waals surface area contributed by atoms with Crippen LogP contribution in [0.15, 0.2) is 41.5 Å². The molecule has 0 saturated heterocycles. The third kappa shape index (κ3) is 2.25. The molecule has 0 spiro atoms. The molecule has 2 fully saturated rings. The number of carbonyl (C=O) groups is 1. The van der Waals surface area contributed by atoms with Crippen LogP contribution in [0.2, 0.25) is 0 Å². The van der Waals surface area contributed by atoms with Crippen LogP contribution in [0.5, 0.6) is 5.75 Å². The van der Waals surface area contributed by atoms with Gasteiger partial charge in [0.15, 0.2) is 0 Å². The Morgan fingerprint density at radius 2 is 1.95 bits per heavy atom. The van der Waals surface area contributed by atoms with E-state index in [1.54, 1.807) is 12.1 Å². The van der Waals surface area contributed by atoms with Gasteiger partial charge in [-0.2, -0.15) is 5.10 Å². The van der Waals surface area contributed by atoms with E-state index >= 15 is 0 Å². The molecule has 4 rings (SSSR count). The van der Waals surface area contributed by atoms with E-state index in [1.165, 1.54) is 19.3 Å². The van der Waals surface area contributed by atoms with E-state index in [2.05, 4.69) is 10.5 Å². The fourth-order valence-electron chi connectivity index (χ4n) is 3.76. The Hall–Kier alpha value is -2.36. The molecular weight excluding hydrogens is 276 g/mol. The fraction of sp³-hybridized carbons (Fsp3) is 0.333. The number of nitrogens with zero attached hydrogens (tertiary/aromatic N) is 1. The van der Waals surface area contributed by atoms with Crippen LogP contribution in [-0.2, 0) is 0 Å². The van der Waals surface area contributed by atoms with E-state index in [-0.39, 0.29) is 17.2 Å². The lowest BCUT2D eigenvalue weighted by atomic mass is 9.99. The van der Waals surface area contributed by atoms with Crippen molar-refractivity contribution in [3.05, 3.63) is 42.0 Å². The summed E-state index contributed by atoms with van der Waals surface area (Å²) in [5, 5.41) is 16.2. The predicted octanol–water partition coefficient (Wildman–Crippen LogP) is 3.45. The fourth-order valence-corrected chi connectivity index (χ4v) is 3.76. The summed E-state index contributed by atoms with van der Waals surface area (Å²) in [4.78, 5) is 12.3. The van der Waals surface area contributed by atoms with Crippen molar-refractivity contribution in [2.75, 3.05) is 0 Å². The molecule has 0 heterocycles. The van der Waals surface area contributed by atoms with Crippen molar-refractivity contribution in [1.82, 2.24) is 5.43 Å². The lowest BCUT2D eigenvalue weighted by Crippen LogP contribution is -2.22. The third-order valence-electron chi connectivity index (χ3n) is 4.92. The first-order valence-electron chi connectivity index (χ1n) is 7.79. The van der Waals surface area contributed by atoms with Crippen LogP contribution in [0.25, 0.3) is 10.8 Å². The Kier molecular flexibility index (Phi) is 3.10. The van der Waals surface area contributed by atoms with Crippen LogP contribution in [0.1, 0.15) is 36.0 Å². The lowest BCUT2D eigenvalue weighted by molar-refractivity contribution is 0.0952. The highest BCUT2D eigenvalue weighted by molar-refractivity contribution is 6.02. The topological polar surface area (TPSA) is 61.7 Å². The lowest BCUT2D eigenvalue weighted by Gasteiger charge is -2.12. The minimum absolute atomic E-state index is 0.00987. The molecule has 22 heavy (non-hydrogen) atoms. The number of aromatic hydroxyl groups is 1. The van der Waals surface area contributed by atoms with E-state index in [9.17, 15) is 9.90 Å². The van der Waals surface area contributed by atoms with Gasteiger partial charge in [-0.25, -0.2) is 5.43 Å². The van der Waals surface area contributed by atoms with E-state index in [4.69, 9.17) is 0 Å². The Bertz CT molecular complexity index is 782. The van der Waals surface area contributed by atoms with Gasteiger partial charge in [-0.3, -0.25) is 4.79 Å². The first-order chi connectivity index (χ1) is 10.7. The van der Waals surface area contributed by atoms with Gasteiger partial charge in [-0.15, -0.1) is 0 Å². The molecule has 2 aliphatic rings. The minimum atomic E-state index is -0.349. The first-order valence-corrected chi connectivity index (χ1v) is 7.79. The SMILES string of the molecule is O=C(N/N=C1\C[C@@H]2CC[C@@H]1C2)c1cc2ccccc2cc1O. The number of phenolic OH excluding ortho intramolecular Hbond substituents is 1. The molecule has 2 atom stereocenters. The van der Waals surface area contributed by atoms with Crippen molar-refractivity contribution in [2.45, 2.75) is 25.7 Å². The molecule has 0 radical (unpaired) electrons. The maximum absolute atomic E-state index is 12.3. The zero-order valence-electron chi connectivity index (χ0n) is 12.2. The molecule has 4 nitrogen and oxygen atoms in total. The first kappa shape index (κ1) is 13.3. The Morgan fingerprint density at radius 1 is 1.18 bits per heavy atom. The molecule has 2 bridgehead atoms. The highest BCUT2D eigenvalue weighted by Crippen LogP contribution is 2.42. The number of benzene rings is 2. The number of phenols is 1. The summed E-state index contributed by atoms with van der Waals surface area (Å²) in [6.07, 6.45) is 4.72. The van der Waals surface area contributed by atoms with Crippen LogP contribution in [0.4, 0.5) is 0 Å². The van der Waals surface area contributed by atoms with Gasteiger partial charge < -0.3 is 5.11 Å². The molecule has 2 aliphatic carbocycles. The minimum Gasteiger partial charge on any atom is -0.507 e. The van der Waals surface area contributed by atoms with Crippen LogP contribution in [-0.4, -0.2) is 16.7 Å². The average Bonchev–Trinajstić information content (AvgIpc) is 3.14. The van der Waals surface area contributed by atoms with Crippen molar-refractivity contribution in [3.63, 3.8) is 0 Å². The van der Waals surface area contributed by atoms with Gasteiger partial charge in [-0.1, -0.05) is 24.3 Å². The summed E-state index contributed by atoms with van der Waals surface area (Å²) in [7, 11) is 0. The molecule has 112 valence electrons. The number of rotatable bonds is 2. The summed E-state index contributed by atoms with van der Waals surface area (Å²) < 4.78 is 0. The predicted molar refractivity (Wildman–Crippen MR) is 86.0 cm³/mol. The maximum atomic E-state index is 12.3. The van der Waals surface area contributed by atoms with Crippen molar-refractivity contribution >= 4 is 22.4 Å². The number of hydrogen-bond donors (Lipinski definition) is 2. The van der Waals surface area contributed by atoms with Gasteiger partial charge in [0.1, 0.15) is 5.75 Å². The van der Waals surface area contributed by atoms with Crippen LogP contribution in [0.3, 0.4) is 0 Å². The van der Waals surface area contributed by atoms with Gasteiger partial charge in [0.2, 0.25) is 0 Å². The van der Waals surface area contributed by atoms with E-state index < -0.39 is 0 Å². The van der Waals surface area contributed by atoms with Gasteiger partial charge in [-0.05, 0) is 60.4 Å². The second-order valence-electron chi connectivity index (χ2n) is 6.34. The van der Waals surface area contributed by atoms with Crippen molar-refractivity contribution in [2.24, 2.45) is 16.9 Å². The number of fused-ring (bicyclic) bond motifs is 3. The molecule has 2 aromatic carbocycles. The van der Waals surface area contributed by atoms with Gasteiger partial charge in [0.25, 0.3) is 5.91 Å². The highest BCUT2D eigenvalue weighted by atomic mass is 16.3. The van der Waals surface area contributed by atoms with Crippen LogP contribution < -0.4 is 5.43 Å². The molecule has 0 unspecified atom stereocenters. The zero-order chi connectivity index (χ0) is 15.1. The smallest absolute Gasteiger partial charge is 0.275 e.